The Morgan fingerprint density at radius 3 is 2.92 bits per heavy atom. The van der Waals surface area contributed by atoms with Crippen molar-refractivity contribution in [2.75, 3.05) is 6.61 Å². The van der Waals surface area contributed by atoms with Crippen LogP contribution in [0.2, 0.25) is 0 Å². The summed E-state index contributed by atoms with van der Waals surface area (Å²) in [6.07, 6.45) is 5.45. The van der Waals surface area contributed by atoms with E-state index < -0.39 is 11.6 Å². The third-order valence-electron chi connectivity index (χ3n) is 2.99. The molecular formula is C10H14O3. The minimum Gasteiger partial charge on any atom is -0.464 e. The molecule has 2 aliphatic carbocycles. The molecule has 0 radical (unpaired) electrons. The van der Waals surface area contributed by atoms with Gasteiger partial charge in [-0.2, -0.15) is 0 Å². The lowest BCUT2D eigenvalue weighted by Crippen LogP contribution is -2.43. The zero-order chi connectivity index (χ0) is 9.47. The number of aliphatic hydroxyl groups is 1. The van der Waals surface area contributed by atoms with E-state index in [1.54, 1.807) is 6.92 Å². The van der Waals surface area contributed by atoms with E-state index in [4.69, 9.17) is 4.74 Å². The summed E-state index contributed by atoms with van der Waals surface area (Å²) in [4.78, 5) is 11.5. The Kier molecular flexibility index (Phi) is 1.91. The number of carbonyl (C=O) groups is 1. The molecule has 72 valence electrons. The van der Waals surface area contributed by atoms with Crippen molar-refractivity contribution < 1.29 is 14.6 Å². The van der Waals surface area contributed by atoms with E-state index in [0.717, 1.165) is 6.42 Å². The summed E-state index contributed by atoms with van der Waals surface area (Å²) in [6, 6.07) is 0. The Morgan fingerprint density at radius 1 is 1.69 bits per heavy atom. The van der Waals surface area contributed by atoms with Crippen LogP contribution < -0.4 is 0 Å². The van der Waals surface area contributed by atoms with Crippen LogP contribution in [0.25, 0.3) is 0 Å². The SMILES string of the molecule is CCOC(=O)C1(O)CC2C=CC1C2. The fourth-order valence-electron chi connectivity index (χ4n) is 2.32. The smallest absolute Gasteiger partial charge is 0.338 e. The van der Waals surface area contributed by atoms with Gasteiger partial charge in [0, 0.05) is 5.92 Å². The molecule has 13 heavy (non-hydrogen) atoms. The largest absolute Gasteiger partial charge is 0.464 e. The molecule has 1 fully saturated rings. The highest BCUT2D eigenvalue weighted by molar-refractivity contribution is 5.81. The van der Waals surface area contributed by atoms with Crippen LogP contribution >= 0.6 is 0 Å². The number of allylic oxidation sites excluding steroid dienone is 1. The van der Waals surface area contributed by atoms with Crippen molar-refractivity contribution in [1.82, 2.24) is 0 Å². The summed E-state index contributed by atoms with van der Waals surface area (Å²) in [7, 11) is 0. The Labute approximate surface area is 77.4 Å². The summed E-state index contributed by atoms with van der Waals surface area (Å²) in [6.45, 7) is 2.09. The van der Waals surface area contributed by atoms with Gasteiger partial charge in [-0.15, -0.1) is 0 Å². The number of ether oxygens (including phenoxy) is 1. The van der Waals surface area contributed by atoms with Crippen LogP contribution in [-0.2, 0) is 9.53 Å². The first-order valence-corrected chi connectivity index (χ1v) is 4.74. The number of esters is 1. The van der Waals surface area contributed by atoms with Crippen molar-refractivity contribution in [3.05, 3.63) is 12.2 Å². The normalized spacial score (nSPS) is 41.1. The molecule has 1 N–H and O–H groups in total. The Bertz CT molecular complexity index is 259. The van der Waals surface area contributed by atoms with Crippen molar-refractivity contribution in [2.24, 2.45) is 11.8 Å². The lowest BCUT2D eigenvalue weighted by atomic mass is 9.88. The maximum atomic E-state index is 11.5. The zero-order valence-corrected chi connectivity index (χ0v) is 7.69. The average molecular weight is 182 g/mol. The number of fused-ring (bicyclic) bond motifs is 2. The molecule has 0 spiro atoms. The molecule has 1 saturated carbocycles. The van der Waals surface area contributed by atoms with Gasteiger partial charge < -0.3 is 9.84 Å². The van der Waals surface area contributed by atoms with E-state index in [9.17, 15) is 9.90 Å². The van der Waals surface area contributed by atoms with Crippen LogP contribution in [0.5, 0.6) is 0 Å². The minimum absolute atomic E-state index is 0.0171. The molecule has 0 aliphatic heterocycles. The van der Waals surface area contributed by atoms with Crippen LogP contribution in [0.1, 0.15) is 19.8 Å². The van der Waals surface area contributed by atoms with Crippen molar-refractivity contribution >= 4 is 5.97 Å². The Balaban J connectivity index is 2.13. The van der Waals surface area contributed by atoms with E-state index in [-0.39, 0.29) is 5.92 Å². The average Bonchev–Trinajstić information content (AvgIpc) is 2.64. The topological polar surface area (TPSA) is 46.5 Å². The summed E-state index contributed by atoms with van der Waals surface area (Å²) in [5, 5.41) is 10.1. The second kappa shape index (κ2) is 2.84. The van der Waals surface area contributed by atoms with Gasteiger partial charge in [-0.05, 0) is 25.7 Å². The van der Waals surface area contributed by atoms with Crippen molar-refractivity contribution in [2.45, 2.75) is 25.4 Å². The van der Waals surface area contributed by atoms with E-state index in [1.807, 2.05) is 6.08 Å². The molecule has 0 aromatic heterocycles. The highest BCUT2D eigenvalue weighted by Gasteiger charge is 2.53. The third kappa shape index (κ3) is 1.18. The van der Waals surface area contributed by atoms with Gasteiger partial charge >= 0.3 is 5.97 Å². The maximum Gasteiger partial charge on any atom is 0.338 e. The molecule has 0 saturated heterocycles. The first kappa shape index (κ1) is 8.75. The minimum atomic E-state index is -1.23. The maximum absolute atomic E-state index is 11.5. The number of rotatable bonds is 2. The van der Waals surface area contributed by atoms with Crippen molar-refractivity contribution in [1.29, 1.82) is 0 Å². The van der Waals surface area contributed by atoms with E-state index >= 15 is 0 Å². The van der Waals surface area contributed by atoms with Gasteiger partial charge in [-0.1, -0.05) is 12.2 Å². The molecule has 3 heteroatoms. The zero-order valence-electron chi connectivity index (χ0n) is 7.69. The predicted octanol–water partition coefficient (Wildman–Crippen LogP) is 0.877. The molecule has 3 atom stereocenters. The fraction of sp³-hybridized carbons (Fsp3) is 0.700. The number of hydrogen-bond acceptors (Lipinski definition) is 3. The molecular weight excluding hydrogens is 168 g/mol. The summed E-state index contributed by atoms with van der Waals surface area (Å²) in [5.74, 6) is -0.0946. The highest BCUT2D eigenvalue weighted by atomic mass is 16.5. The van der Waals surface area contributed by atoms with E-state index in [2.05, 4.69) is 6.08 Å². The predicted molar refractivity (Wildman–Crippen MR) is 46.9 cm³/mol. The molecule has 0 aromatic carbocycles. The second-order valence-corrected chi connectivity index (χ2v) is 3.84. The van der Waals surface area contributed by atoms with Crippen molar-refractivity contribution in [3.8, 4) is 0 Å². The monoisotopic (exact) mass is 182 g/mol. The Hall–Kier alpha value is -0.830. The molecule has 0 aromatic rings. The van der Waals surface area contributed by atoms with Crippen molar-refractivity contribution in [3.63, 3.8) is 0 Å². The number of hydrogen-bond donors (Lipinski definition) is 1. The van der Waals surface area contributed by atoms with Crippen LogP contribution in [-0.4, -0.2) is 23.3 Å². The summed E-state index contributed by atoms with van der Waals surface area (Å²) in [5.41, 5.74) is -1.23. The van der Waals surface area contributed by atoms with Gasteiger partial charge in [0.05, 0.1) is 6.61 Å². The van der Waals surface area contributed by atoms with E-state index in [0.29, 0.717) is 18.9 Å². The first-order chi connectivity index (χ1) is 6.16. The molecule has 2 rings (SSSR count). The first-order valence-electron chi connectivity index (χ1n) is 4.74. The van der Waals surface area contributed by atoms with Gasteiger partial charge in [0.25, 0.3) is 0 Å². The fourth-order valence-corrected chi connectivity index (χ4v) is 2.32. The number of carbonyl (C=O) groups excluding carboxylic acids is 1. The van der Waals surface area contributed by atoms with Crippen LogP contribution in [0.3, 0.4) is 0 Å². The quantitative estimate of drug-likeness (QED) is 0.509. The van der Waals surface area contributed by atoms with Crippen LogP contribution in [0.15, 0.2) is 12.2 Å². The lowest BCUT2D eigenvalue weighted by molar-refractivity contribution is -0.167. The molecule has 3 nitrogen and oxygen atoms in total. The van der Waals surface area contributed by atoms with Crippen LogP contribution in [0.4, 0.5) is 0 Å². The molecule has 3 unspecified atom stereocenters. The lowest BCUT2D eigenvalue weighted by Gasteiger charge is -2.26. The van der Waals surface area contributed by atoms with Gasteiger partial charge in [0.2, 0.25) is 0 Å². The second-order valence-electron chi connectivity index (χ2n) is 3.84. The van der Waals surface area contributed by atoms with Gasteiger partial charge in [-0.3, -0.25) is 0 Å². The molecule has 0 amide bonds. The highest BCUT2D eigenvalue weighted by Crippen LogP contribution is 2.46. The standard InChI is InChI=1S/C10H14O3/c1-2-13-9(11)10(12)6-7-3-4-8(10)5-7/h3-4,7-8,12H,2,5-6H2,1H3. The van der Waals surface area contributed by atoms with Gasteiger partial charge in [0.1, 0.15) is 0 Å². The van der Waals surface area contributed by atoms with Crippen LogP contribution in [0, 0.1) is 11.8 Å². The van der Waals surface area contributed by atoms with Gasteiger partial charge in [-0.25, -0.2) is 4.79 Å². The summed E-state index contributed by atoms with van der Waals surface area (Å²) < 4.78 is 4.86. The Morgan fingerprint density at radius 2 is 2.46 bits per heavy atom. The summed E-state index contributed by atoms with van der Waals surface area (Å²) >= 11 is 0. The molecule has 2 bridgehead atoms. The molecule has 0 heterocycles. The third-order valence-corrected chi connectivity index (χ3v) is 2.99. The van der Waals surface area contributed by atoms with Gasteiger partial charge in [0.15, 0.2) is 5.60 Å². The van der Waals surface area contributed by atoms with E-state index in [1.165, 1.54) is 0 Å². The molecule has 2 aliphatic rings.